The fraction of sp³-hybridized carbons (Fsp3) is 0.556. The highest BCUT2D eigenvalue weighted by Crippen LogP contribution is 2.14. The van der Waals surface area contributed by atoms with Gasteiger partial charge in [-0.3, -0.25) is 9.79 Å². The van der Waals surface area contributed by atoms with Gasteiger partial charge >= 0.3 is 5.97 Å². The van der Waals surface area contributed by atoms with E-state index < -0.39 is 0 Å². The number of carbonyl (C=O) groups excluding carboxylic acids is 1. The van der Waals surface area contributed by atoms with Crippen LogP contribution in [0.3, 0.4) is 0 Å². The van der Waals surface area contributed by atoms with Crippen LogP contribution in [0.2, 0.25) is 0 Å². The van der Waals surface area contributed by atoms with Gasteiger partial charge in [0, 0.05) is 13.1 Å². The molecule has 23 heavy (non-hydrogen) atoms. The fourth-order valence-electron chi connectivity index (χ4n) is 2.11. The van der Waals surface area contributed by atoms with Gasteiger partial charge in [-0.25, -0.2) is 0 Å². The molecule has 1 aromatic carbocycles. The van der Waals surface area contributed by atoms with Crippen LogP contribution >= 0.6 is 0 Å². The molecule has 0 aliphatic carbocycles. The number of aliphatic imine (C=N–C) groups is 1. The number of rotatable bonds is 7. The maximum absolute atomic E-state index is 11.4. The Morgan fingerprint density at radius 3 is 2.43 bits per heavy atom. The van der Waals surface area contributed by atoms with Gasteiger partial charge in [-0.2, -0.15) is 0 Å². The van der Waals surface area contributed by atoms with Crippen molar-refractivity contribution in [1.82, 2.24) is 10.6 Å². The Balaban J connectivity index is 2.58. The van der Waals surface area contributed by atoms with Gasteiger partial charge < -0.3 is 15.4 Å². The van der Waals surface area contributed by atoms with Crippen LogP contribution in [-0.4, -0.2) is 38.7 Å². The monoisotopic (exact) mass is 319 g/mol. The first kappa shape index (κ1) is 19.0. The van der Waals surface area contributed by atoms with Crippen LogP contribution in [0.4, 0.5) is 0 Å². The van der Waals surface area contributed by atoms with Crippen molar-refractivity contribution in [3.05, 3.63) is 35.4 Å². The molecule has 2 N–H and O–H groups in total. The lowest BCUT2D eigenvalue weighted by atomic mass is 10.0. The van der Waals surface area contributed by atoms with E-state index in [4.69, 9.17) is 4.74 Å². The second kappa shape index (κ2) is 9.87. The minimum absolute atomic E-state index is 0.238. The van der Waals surface area contributed by atoms with Crippen molar-refractivity contribution in [2.24, 2.45) is 10.9 Å². The molecule has 1 rings (SSSR count). The fourth-order valence-corrected chi connectivity index (χ4v) is 2.11. The van der Waals surface area contributed by atoms with Crippen molar-refractivity contribution in [2.45, 2.75) is 33.6 Å². The quantitative estimate of drug-likeness (QED) is 0.460. The van der Waals surface area contributed by atoms with Crippen molar-refractivity contribution >= 4 is 11.9 Å². The average molecular weight is 319 g/mol. The zero-order valence-electron chi connectivity index (χ0n) is 14.8. The van der Waals surface area contributed by atoms with E-state index in [0.717, 1.165) is 19.0 Å². The normalized spacial score (nSPS) is 14.0. The van der Waals surface area contributed by atoms with Crippen molar-refractivity contribution < 1.29 is 9.53 Å². The molecule has 0 spiro atoms. The molecule has 2 atom stereocenters. The third kappa shape index (κ3) is 6.72. The molecule has 0 saturated heterocycles. The Morgan fingerprint density at radius 2 is 1.87 bits per heavy atom. The van der Waals surface area contributed by atoms with Gasteiger partial charge in [0.15, 0.2) is 5.96 Å². The second-order valence-electron chi connectivity index (χ2n) is 5.84. The van der Waals surface area contributed by atoms with Crippen LogP contribution in [0.25, 0.3) is 0 Å². The summed E-state index contributed by atoms with van der Waals surface area (Å²) in [6, 6.07) is 8.57. The number of guanidine groups is 1. The van der Waals surface area contributed by atoms with Crippen LogP contribution in [0.5, 0.6) is 0 Å². The molecule has 0 bridgehead atoms. The molecule has 0 radical (unpaired) electrons. The highest BCUT2D eigenvalue weighted by molar-refractivity contribution is 5.80. The van der Waals surface area contributed by atoms with Gasteiger partial charge in [-0.1, -0.05) is 43.7 Å². The predicted octanol–water partition coefficient (Wildman–Crippen LogP) is 2.46. The third-order valence-corrected chi connectivity index (χ3v) is 3.69. The lowest BCUT2D eigenvalue weighted by Crippen LogP contribution is -2.39. The zero-order chi connectivity index (χ0) is 17.2. The molecule has 0 aliphatic heterocycles. The van der Waals surface area contributed by atoms with E-state index in [-0.39, 0.29) is 11.9 Å². The van der Waals surface area contributed by atoms with Crippen molar-refractivity contribution in [3.63, 3.8) is 0 Å². The summed E-state index contributed by atoms with van der Waals surface area (Å²) in [5.74, 6) is 0.613. The molecule has 2 unspecified atom stereocenters. The van der Waals surface area contributed by atoms with Crippen LogP contribution in [0.15, 0.2) is 29.3 Å². The van der Waals surface area contributed by atoms with Gasteiger partial charge in [-0.05, 0) is 25.3 Å². The predicted molar refractivity (Wildman–Crippen MR) is 94.8 cm³/mol. The van der Waals surface area contributed by atoms with E-state index in [2.05, 4.69) is 53.7 Å². The summed E-state index contributed by atoms with van der Waals surface area (Å²) >= 11 is 0. The lowest BCUT2D eigenvalue weighted by Gasteiger charge is -2.17. The second-order valence-corrected chi connectivity index (χ2v) is 5.84. The maximum Gasteiger partial charge on any atom is 0.310 e. The van der Waals surface area contributed by atoms with E-state index in [0.29, 0.717) is 12.5 Å². The van der Waals surface area contributed by atoms with Crippen LogP contribution in [0, 0.1) is 12.8 Å². The minimum atomic E-state index is -0.245. The molecule has 0 fully saturated rings. The molecule has 5 heteroatoms. The largest absolute Gasteiger partial charge is 0.469 e. The Hall–Kier alpha value is -2.04. The van der Waals surface area contributed by atoms with Crippen molar-refractivity contribution in [3.8, 4) is 0 Å². The minimum Gasteiger partial charge on any atom is -0.469 e. The topological polar surface area (TPSA) is 62.7 Å². The number of hydrogen-bond acceptors (Lipinski definition) is 3. The smallest absolute Gasteiger partial charge is 0.310 e. The number of hydrogen-bond donors (Lipinski definition) is 2. The standard InChI is InChI=1S/C18H29N3O2/c1-6-19-18(21-12-15(4)17(22)23-5)20-11-14(3)16-9-7-13(2)8-10-16/h7-10,14-15H,6,11-12H2,1-5H3,(H2,19,20,21). The Kier molecular flexibility index (Phi) is 8.16. The summed E-state index contributed by atoms with van der Waals surface area (Å²) in [5.41, 5.74) is 2.56. The number of aryl methyl sites for hydroxylation is 1. The summed E-state index contributed by atoms with van der Waals surface area (Å²) in [6.07, 6.45) is 0. The average Bonchev–Trinajstić information content (AvgIpc) is 2.56. The Morgan fingerprint density at radius 1 is 1.22 bits per heavy atom. The number of carbonyl (C=O) groups is 1. The number of ether oxygens (including phenoxy) is 1. The molecular weight excluding hydrogens is 290 g/mol. The number of benzene rings is 1. The zero-order valence-corrected chi connectivity index (χ0v) is 14.8. The van der Waals surface area contributed by atoms with Crippen LogP contribution < -0.4 is 10.6 Å². The number of esters is 1. The molecule has 1 aromatic rings. The lowest BCUT2D eigenvalue weighted by molar-refractivity contribution is -0.144. The van der Waals surface area contributed by atoms with Crippen LogP contribution in [0.1, 0.15) is 37.8 Å². The molecule has 0 aromatic heterocycles. The molecule has 0 heterocycles. The first-order chi connectivity index (χ1) is 11.0. The summed E-state index contributed by atoms with van der Waals surface area (Å²) in [7, 11) is 1.40. The summed E-state index contributed by atoms with van der Waals surface area (Å²) in [5, 5.41) is 6.53. The number of nitrogens with zero attached hydrogens (tertiary/aromatic N) is 1. The third-order valence-electron chi connectivity index (χ3n) is 3.69. The van der Waals surface area contributed by atoms with Crippen molar-refractivity contribution in [1.29, 1.82) is 0 Å². The Bertz CT molecular complexity index is 512. The van der Waals surface area contributed by atoms with Gasteiger partial charge in [0.05, 0.1) is 19.6 Å². The van der Waals surface area contributed by atoms with Gasteiger partial charge in [-0.15, -0.1) is 0 Å². The van der Waals surface area contributed by atoms with Gasteiger partial charge in [0.1, 0.15) is 0 Å². The number of methoxy groups -OCH3 is 1. The van der Waals surface area contributed by atoms with Gasteiger partial charge in [0.25, 0.3) is 0 Å². The molecule has 5 nitrogen and oxygen atoms in total. The molecule has 0 amide bonds. The Labute approximate surface area is 139 Å². The molecule has 128 valence electrons. The molecule has 0 saturated carbocycles. The summed E-state index contributed by atoms with van der Waals surface area (Å²) in [4.78, 5) is 15.9. The highest BCUT2D eigenvalue weighted by atomic mass is 16.5. The highest BCUT2D eigenvalue weighted by Gasteiger charge is 2.13. The van der Waals surface area contributed by atoms with E-state index in [1.807, 2.05) is 13.8 Å². The summed E-state index contributed by atoms with van der Waals surface area (Å²) < 4.78 is 4.72. The first-order valence-corrected chi connectivity index (χ1v) is 8.14. The summed E-state index contributed by atoms with van der Waals surface area (Å²) in [6.45, 7) is 10.1. The molecular formula is C18H29N3O2. The van der Waals surface area contributed by atoms with Crippen molar-refractivity contribution in [2.75, 3.05) is 26.7 Å². The molecule has 0 aliphatic rings. The van der Waals surface area contributed by atoms with E-state index in [1.54, 1.807) is 0 Å². The number of nitrogens with one attached hydrogen (secondary N) is 2. The van der Waals surface area contributed by atoms with E-state index in [1.165, 1.54) is 18.2 Å². The SMILES string of the molecule is CCNC(=NCC(C)C(=O)OC)NCC(C)c1ccc(C)cc1. The first-order valence-electron chi connectivity index (χ1n) is 8.14. The van der Waals surface area contributed by atoms with E-state index in [9.17, 15) is 4.79 Å². The van der Waals surface area contributed by atoms with Crippen LogP contribution in [-0.2, 0) is 9.53 Å². The van der Waals surface area contributed by atoms with Gasteiger partial charge in [0.2, 0.25) is 0 Å². The van der Waals surface area contributed by atoms with E-state index >= 15 is 0 Å². The maximum atomic E-state index is 11.4.